The molecule has 1 saturated heterocycles. The van der Waals surface area contributed by atoms with E-state index in [0.717, 1.165) is 5.56 Å². The molecule has 3 heterocycles. The average Bonchev–Trinajstić information content (AvgIpc) is 1.60. The zero-order valence-corrected chi connectivity index (χ0v) is 62.8. The third kappa shape index (κ3) is 32.6. The number of nitrogens with one attached hydrogen (secondary N) is 5. The Morgan fingerprint density at radius 2 is 1.03 bits per heavy atom. The molecule has 2 aliphatic rings. The molecule has 102 heavy (non-hydrogen) atoms. The fourth-order valence-corrected chi connectivity index (χ4v) is 11.1. The Morgan fingerprint density at radius 3 is 1.48 bits per heavy atom. The minimum Gasteiger partial charge on any atom is -0.469 e. The number of esters is 6. The van der Waals surface area contributed by atoms with E-state index < -0.39 is 106 Å². The number of nitrogens with zero attached hydrogens (tertiary/aromatic N) is 7. The predicted molar refractivity (Wildman–Crippen MR) is 379 cm³/mol. The summed E-state index contributed by atoms with van der Waals surface area (Å²) >= 11 is 0. The zero-order valence-electron chi connectivity index (χ0n) is 62.8. The number of hydrogen-bond acceptors (Lipinski definition) is 23. The molecule has 0 spiro atoms. The molecule has 5 amide bonds. The largest absolute Gasteiger partial charge is 0.469 e. The number of ether oxygens (including phenoxy) is 6. The molecule has 0 bridgehead atoms. The van der Waals surface area contributed by atoms with Gasteiger partial charge in [0.2, 0.25) is 23.6 Å². The molecule has 0 unspecified atom stereocenters. The number of anilines is 1. The number of amides is 5. The summed E-state index contributed by atoms with van der Waals surface area (Å²) in [5.41, 5.74) is -1.81. The number of aromatic nitrogens is 2. The topological polar surface area (TPSA) is 339 Å². The molecule has 5 N–H and O–H groups in total. The molecule has 1 aromatic heterocycles. The Labute approximate surface area is 600 Å². The van der Waals surface area contributed by atoms with E-state index in [9.17, 15) is 52.7 Å². The number of benzene rings is 2. The Kier molecular flexibility index (Phi) is 31.9. The monoisotopic (exact) mass is 1430 g/mol. The smallest absolute Gasteiger partial charge is 0.320 e. The summed E-state index contributed by atoms with van der Waals surface area (Å²) in [5.74, 6) is -5.83. The molecule has 1 fully saturated rings. The molecule has 0 radical (unpaired) electrons. The summed E-state index contributed by atoms with van der Waals surface area (Å²) in [6.45, 7) is 27.7. The second-order valence-corrected chi connectivity index (χ2v) is 30.7. The van der Waals surface area contributed by atoms with Crippen molar-refractivity contribution in [3.8, 4) is 0 Å². The molecule has 0 aliphatic carbocycles. The van der Waals surface area contributed by atoms with E-state index in [2.05, 4.69) is 31.2 Å². The van der Waals surface area contributed by atoms with Crippen LogP contribution < -0.4 is 21.3 Å². The molecule has 2 aromatic carbocycles. The summed E-state index contributed by atoms with van der Waals surface area (Å²) < 4.78 is 33.3. The van der Waals surface area contributed by atoms with Crippen molar-refractivity contribution in [2.24, 2.45) is 0 Å². The first-order chi connectivity index (χ1) is 47.6. The normalized spacial score (nSPS) is 16.4. The fourth-order valence-electron chi connectivity index (χ4n) is 11.1. The van der Waals surface area contributed by atoms with Gasteiger partial charge in [0.05, 0.1) is 46.3 Å². The first kappa shape index (κ1) is 84.1. The van der Waals surface area contributed by atoms with E-state index in [4.69, 9.17) is 28.4 Å². The number of methoxy groups -OCH3 is 1. The van der Waals surface area contributed by atoms with Crippen LogP contribution in [0.3, 0.4) is 0 Å². The van der Waals surface area contributed by atoms with E-state index in [1.54, 1.807) is 144 Å². The summed E-state index contributed by atoms with van der Waals surface area (Å²) in [7, 11) is 1.22. The molecular weight excluding hydrogens is 1320 g/mol. The van der Waals surface area contributed by atoms with Crippen molar-refractivity contribution in [1.29, 1.82) is 0 Å². The number of carbonyl (C=O) groups excluding carboxylic acids is 11. The van der Waals surface area contributed by atoms with Gasteiger partial charge in [0.15, 0.2) is 0 Å². The number of fused-ring (bicyclic) bond motifs is 1. The molecule has 29 heteroatoms. The predicted octanol–water partition coefficient (Wildman–Crippen LogP) is 4.90. The van der Waals surface area contributed by atoms with Gasteiger partial charge in [0.25, 0.3) is 5.91 Å². The highest BCUT2D eigenvalue weighted by Crippen LogP contribution is 2.28. The van der Waals surface area contributed by atoms with E-state index in [1.165, 1.54) is 12.0 Å². The van der Waals surface area contributed by atoms with Crippen LogP contribution in [0.25, 0.3) is 0 Å². The van der Waals surface area contributed by atoms with E-state index in [0.29, 0.717) is 35.7 Å². The third-order valence-electron chi connectivity index (χ3n) is 15.6. The first-order valence-corrected chi connectivity index (χ1v) is 35.0. The van der Waals surface area contributed by atoms with Gasteiger partial charge in [0.1, 0.15) is 52.0 Å². The highest BCUT2D eigenvalue weighted by atomic mass is 16.6. The lowest BCUT2D eigenvalue weighted by Gasteiger charge is -2.34. The Balaban J connectivity index is 1.40. The van der Waals surface area contributed by atoms with Crippen LogP contribution in [0.15, 0.2) is 60.9 Å². The van der Waals surface area contributed by atoms with Crippen LogP contribution in [-0.4, -0.2) is 250 Å². The lowest BCUT2D eigenvalue weighted by Crippen LogP contribution is -2.55. The van der Waals surface area contributed by atoms with Gasteiger partial charge in [-0.2, -0.15) is 0 Å². The van der Waals surface area contributed by atoms with E-state index in [-0.39, 0.29) is 143 Å². The molecule has 2 aliphatic heterocycles. The number of H-pyrrole nitrogens is 1. The number of carbonyl (C=O) groups is 11. The van der Waals surface area contributed by atoms with Crippen LogP contribution in [0.4, 0.5) is 5.69 Å². The SMILES string of the molecule is COC(=O)C[C@H]1Nc2ccc(C(=O)N(Cc3ccccc3)Cc3ncc[nH]3)cc2CN(CCCNC(=O)[C@H](CCC(=O)OC(C)(C)C)NC(=O)[C@@H](CCC(=O)OC(C)(C)C)NC(=O)CN2CCN(CC(=O)OC(C)(C)C)CCN(CC(=O)OC(C)(C)C)CCN(CC(=O)OC(C)(C)C)CC2)C1=O. The number of hydrogen-bond donors (Lipinski definition) is 5. The molecule has 29 nitrogen and oxygen atoms in total. The van der Waals surface area contributed by atoms with Crippen LogP contribution in [-0.2, 0) is 96.0 Å². The highest BCUT2D eigenvalue weighted by Gasteiger charge is 2.35. The number of imidazole rings is 1. The maximum atomic E-state index is 14.8. The van der Waals surface area contributed by atoms with Crippen LogP contribution in [0.1, 0.15) is 170 Å². The van der Waals surface area contributed by atoms with Crippen molar-refractivity contribution in [1.82, 2.24) is 55.3 Å². The lowest BCUT2D eigenvalue weighted by molar-refractivity contribution is -0.158. The van der Waals surface area contributed by atoms with Crippen LogP contribution in [0.2, 0.25) is 0 Å². The Hall–Kier alpha value is -8.54. The molecule has 3 atom stereocenters. The molecular formula is C73H112N12O17. The minimum atomic E-state index is -1.46. The Bertz CT molecular complexity index is 3250. The van der Waals surface area contributed by atoms with Gasteiger partial charge in [-0.15, -0.1) is 0 Å². The molecule has 3 aromatic rings. The maximum absolute atomic E-state index is 14.8. The summed E-state index contributed by atoms with van der Waals surface area (Å²) in [5, 5.41) is 11.6. The molecule has 0 saturated carbocycles. The van der Waals surface area contributed by atoms with Gasteiger partial charge in [-0.1, -0.05) is 30.3 Å². The van der Waals surface area contributed by atoms with Gasteiger partial charge < -0.3 is 64.5 Å². The second-order valence-electron chi connectivity index (χ2n) is 30.7. The van der Waals surface area contributed by atoms with Crippen molar-refractivity contribution in [2.45, 2.75) is 208 Å². The number of rotatable bonds is 29. The van der Waals surface area contributed by atoms with E-state index >= 15 is 0 Å². The minimum absolute atomic E-state index is 0.00415. The summed E-state index contributed by atoms with van der Waals surface area (Å²) in [6.07, 6.45) is 1.88. The van der Waals surface area contributed by atoms with Crippen LogP contribution >= 0.6 is 0 Å². The second kappa shape index (κ2) is 38.6. The van der Waals surface area contributed by atoms with Gasteiger partial charge in [0, 0.05) is 115 Å². The van der Waals surface area contributed by atoms with E-state index in [1.807, 2.05) is 45.0 Å². The van der Waals surface area contributed by atoms with Crippen molar-refractivity contribution < 1.29 is 81.2 Å². The van der Waals surface area contributed by atoms with Gasteiger partial charge in [-0.05, 0) is 152 Å². The lowest BCUT2D eigenvalue weighted by atomic mass is 10.1. The average molecular weight is 1430 g/mol. The standard InChI is InChI=1S/C73H112N12O17/c1-69(2,3)98-59(87)27-25-54(65(93)76-29-20-32-84-44-52-41-51(23-24-53(52)77-56(68(84)96)42-61(89)97-16)67(95)85(45-57-74-30-31-75-57)43-50-21-18-17-19-22-50)79-66(94)55(26-28-60(88)99-70(4,5)6)78-58(86)46-80-33-35-81(47-62(90)100-71(7,8)9)37-39-83(49-64(92)102-73(13,14)15)40-38-82(36-34-80)48-63(91)101-72(10,11)12/h17-19,21-24,30-31,41,54-56,77H,20,25-29,32-40,42-49H2,1-16H3,(H,74,75)(H,76,93)(H,78,86)(H,79,94)/t54-,55+,56+/m0/s1. The molecule has 5 rings (SSSR count). The highest BCUT2D eigenvalue weighted by molar-refractivity contribution is 5.96. The van der Waals surface area contributed by atoms with Crippen LogP contribution in [0, 0.1) is 0 Å². The maximum Gasteiger partial charge on any atom is 0.320 e. The van der Waals surface area contributed by atoms with Crippen molar-refractivity contribution in [3.05, 3.63) is 83.4 Å². The van der Waals surface area contributed by atoms with Crippen molar-refractivity contribution in [2.75, 3.05) is 104 Å². The summed E-state index contributed by atoms with van der Waals surface area (Å²) in [6, 6.07) is 10.6. The summed E-state index contributed by atoms with van der Waals surface area (Å²) in [4.78, 5) is 170. The Morgan fingerprint density at radius 1 is 0.569 bits per heavy atom. The van der Waals surface area contributed by atoms with Gasteiger partial charge >= 0.3 is 35.8 Å². The number of aromatic amines is 1. The van der Waals surface area contributed by atoms with Crippen LogP contribution in [0.5, 0.6) is 0 Å². The quantitative estimate of drug-likeness (QED) is 0.0350. The van der Waals surface area contributed by atoms with Crippen molar-refractivity contribution >= 4 is 71.0 Å². The fraction of sp³-hybridized carbons (Fsp3) is 0.644. The van der Waals surface area contributed by atoms with Crippen molar-refractivity contribution in [3.63, 3.8) is 0 Å². The first-order valence-electron chi connectivity index (χ1n) is 35.0. The zero-order chi connectivity index (χ0) is 75.8. The molecule has 566 valence electrons. The third-order valence-corrected chi connectivity index (χ3v) is 15.6. The van der Waals surface area contributed by atoms with Gasteiger partial charge in [-0.25, -0.2) is 4.98 Å². The van der Waals surface area contributed by atoms with Gasteiger partial charge in [-0.3, -0.25) is 72.3 Å².